The van der Waals surface area contributed by atoms with Crippen LogP contribution in [0, 0.1) is 13.8 Å². The van der Waals surface area contributed by atoms with Crippen molar-refractivity contribution >= 4 is 0 Å². The molecule has 130 valence electrons. The SMILES string of the molecule is CCOCn1c(C(F)c2cc(C)cc(C)c2)c(CC)c(=O)[nH]c1=O. The van der Waals surface area contributed by atoms with Gasteiger partial charge in [-0.05, 0) is 32.8 Å². The van der Waals surface area contributed by atoms with Crippen LogP contribution in [-0.4, -0.2) is 16.2 Å². The molecule has 0 aliphatic carbocycles. The molecule has 0 saturated carbocycles. The number of alkyl halides is 1. The van der Waals surface area contributed by atoms with Gasteiger partial charge in [-0.15, -0.1) is 0 Å². The lowest BCUT2D eigenvalue weighted by atomic mass is 9.99. The summed E-state index contributed by atoms with van der Waals surface area (Å²) in [5, 5.41) is 0. The van der Waals surface area contributed by atoms with Crippen LogP contribution < -0.4 is 11.2 Å². The van der Waals surface area contributed by atoms with Crippen LogP contribution in [0.3, 0.4) is 0 Å². The lowest BCUT2D eigenvalue weighted by Crippen LogP contribution is -2.36. The molecule has 1 atom stereocenters. The number of rotatable bonds is 6. The van der Waals surface area contributed by atoms with Crippen molar-refractivity contribution in [1.29, 1.82) is 0 Å². The van der Waals surface area contributed by atoms with Crippen LogP contribution in [-0.2, 0) is 17.9 Å². The van der Waals surface area contributed by atoms with E-state index in [1.54, 1.807) is 26.0 Å². The Morgan fingerprint density at radius 3 is 2.33 bits per heavy atom. The third kappa shape index (κ3) is 3.64. The van der Waals surface area contributed by atoms with Crippen LogP contribution >= 0.6 is 0 Å². The number of benzene rings is 1. The zero-order valence-corrected chi connectivity index (χ0v) is 14.5. The van der Waals surface area contributed by atoms with Crippen LogP contribution in [0.1, 0.15) is 48.0 Å². The van der Waals surface area contributed by atoms with Gasteiger partial charge in [-0.3, -0.25) is 14.3 Å². The predicted octanol–water partition coefficient (Wildman–Crippen LogP) is 2.77. The Morgan fingerprint density at radius 1 is 1.17 bits per heavy atom. The summed E-state index contributed by atoms with van der Waals surface area (Å²) in [5.41, 5.74) is 1.41. The van der Waals surface area contributed by atoms with Gasteiger partial charge in [0.25, 0.3) is 5.56 Å². The Morgan fingerprint density at radius 2 is 1.79 bits per heavy atom. The van der Waals surface area contributed by atoms with E-state index < -0.39 is 17.4 Å². The van der Waals surface area contributed by atoms with Gasteiger partial charge in [-0.25, -0.2) is 9.18 Å². The maximum absolute atomic E-state index is 15.4. The average Bonchev–Trinajstić information content (AvgIpc) is 2.51. The smallest absolute Gasteiger partial charge is 0.330 e. The van der Waals surface area contributed by atoms with Gasteiger partial charge in [0.05, 0.1) is 5.69 Å². The molecule has 1 N–H and O–H groups in total. The molecule has 0 amide bonds. The van der Waals surface area contributed by atoms with Crippen LogP contribution in [0.4, 0.5) is 4.39 Å². The minimum Gasteiger partial charge on any atom is -0.361 e. The molecule has 1 aromatic carbocycles. The highest BCUT2D eigenvalue weighted by molar-refractivity contribution is 5.36. The number of nitrogens with zero attached hydrogens (tertiary/aromatic N) is 1. The molecule has 0 aliphatic rings. The van der Waals surface area contributed by atoms with Crippen molar-refractivity contribution in [3.8, 4) is 0 Å². The van der Waals surface area contributed by atoms with Gasteiger partial charge in [0, 0.05) is 12.2 Å². The molecular formula is C18H23FN2O3. The Balaban J connectivity index is 2.69. The van der Waals surface area contributed by atoms with Gasteiger partial charge in [-0.2, -0.15) is 0 Å². The van der Waals surface area contributed by atoms with Crippen LogP contribution in [0.15, 0.2) is 27.8 Å². The Labute approximate surface area is 140 Å². The summed E-state index contributed by atoms with van der Waals surface area (Å²) in [6.07, 6.45) is -1.25. The third-order valence-corrected chi connectivity index (χ3v) is 3.89. The fourth-order valence-corrected chi connectivity index (χ4v) is 2.88. The number of ether oxygens (including phenoxy) is 1. The van der Waals surface area contributed by atoms with E-state index in [0.29, 0.717) is 18.6 Å². The van der Waals surface area contributed by atoms with Crippen molar-refractivity contribution in [3.63, 3.8) is 0 Å². The Kier molecular flexibility index (Phi) is 5.72. The molecule has 2 rings (SSSR count). The third-order valence-electron chi connectivity index (χ3n) is 3.89. The molecule has 1 heterocycles. The van der Waals surface area contributed by atoms with Gasteiger partial charge in [0.2, 0.25) is 0 Å². The van der Waals surface area contributed by atoms with Crippen LogP contribution in [0.25, 0.3) is 0 Å². The molecule has 2 aromatic rings. The minimum atomic E-state index is -1.57. The standard InChI is InChI=1S/C18H23FN2O3/c1-5-14-16(15(19)13-8-11(3)7-12(4)9-13)21(10-24-6-2)18(23)20-17(14)22/h7-9,15H,5-6,10H2,1-4H3,(H,20,22,23). The van der Waals surface area contributed by atoms with Gasteiger partial charge >= 0.3 is 5.69 Å². The van der Waals surface area contributed by atoms with Crippen LogP contribution in [0.2, 0.25) is 0 Å². The first-order valence-electron chi connectivity index (χ1n) is 8.04. The summed E-state index contributed by atoms with van der Waals surface area (Å²) >= 11 is 0. The van der Waals surface area contributed by atoms with E-state index >= 15 is 4.39 Å². The van der Waals surface area contributed by atoms with Crippen molar-refractivity contribution < 1.29 is 9.13 Å². The Hall–Kier alpha value is -2.21. The first-order chi connectivity index (χ1) is 11.4. The lowest BCUT2D eigenvalue weighted by molar-refractivity contribution is 0.0793. The number of aromatic nitrogens is 2. The maximum atomic E-state index is 15.4. The lowest BCUT2D eigenvalue weighted by Gasteiger charge is -2.19. The molecule has 6 heteroatoms. The monoisotopic (exact) mass is 334 g/mol. The van der Waals surface area contributed by atoms with Gasteiger partial charge in [0.1, 0.15) is 6.73 Å². The van der Waals surface area contributed by atoms with E-state index in [-0.39, 0.29) is 18.0 Å². The molecule has 0 aliphatic heterocycles. The zero-order valence-electron chi connectivity index (χ0n) is 14.5. The number of aryl methyl sites for hydroxylation is 2. The molecule has 0 saturated heterocycles. The van der Waals surface area contributed by atoms with E-state index in [4.69, 9.17) is 4.74 Å². The van der Waals surface area contributed by atoms with E-state index in [2.05, 4.69) is 4.98 Å². The molecular weight excluding hydrogens is 311 g/mol. The molecule has 1 aromatic heterocycles. The highest BCUT2D eigenvalue weighted by Gasteiger charge is 2.24. The second-order valence-electron chi connectivity index (χ2n) is 5.81. The summed E-state index contributed by atoms with van der Waals surface area (Å²) in [4.78, 5) is 26.5. The summed E-state index contributed by atoms with van der Waals surface area (Å²) in [6.45, 7) is 7.60. The number of hydrogen-bond acceptors (Lipinski definition) is 3. The van der Waals surface area contributed by atoms with Gasteiger partial charge in [0.15, 0.2) is 6.17 Å². The zero-order chi connectivity index (χ0) is 17.9. The maximum Gasteiger partial charge on any atom is 0.330 e. The predicted molar refractivity (Wildman–Crippen MR) is 91.2 cm³/mol. The molecule has 5 nitrogen and oxygen atoms in total. The Bertz CT molecular complexity index is 819. The fourth-order valence-electron chi connectivity index (χ4n) is 2.88. The first-order valence-corrected chi connectivity index (χ1v) is 8.04. The van der Waals surface area contributed by atoms with Crippen molar-refractivity contribution in [2.45, 2.75) is 47.0 Å². The van der Waals surface area contributed by atoms with Crippen molar-refractivity contribution in [2.75, 3.05) is 6.61 Å². The van der Waals surface area contributed by atoms with Crippen LogP contribution in [0.5, 0.6) is 0 Å². The number of aromatic amines is 1. The van der Waals surface area contributed by atoms with E-state index in [1.165, 1.54) is 4.57 Å². The fraction of sp³-hybridized carbons (Fsp3) is 0.444. The average molecular weight is 334 g/mol. The quantitative estimate of drug-likeness (QED) is 0.883. The molecule has 24 heavy (non-hydrogen) atoms. The van der Waals surface area contributed by atoms with Gasteiger partial charge in [-0.1, -0.05) is 36.2 Å². The summed E-state index contributed by atoms with van der Waals surface area (Å²) in [5.74, 6) is 0. The molecule has 1 unspecified atom stereocenters. The highest BCUT2D eigenvalue weighted by Crippen LogP contribution is 2.28. The molecule has 0 radical (unpaired) electrons. The van der Waals surface area contributed by atoms with Gasteiger partial charge < -0.3 is 4.74 Å². The van der Waals surface area contributed by atoms with Crippen molar-refractivity contribution in [2.24, 2.45) is 0 Å². The van der Waals surface area contributed by atoms with E-state index in [9.17, 15) is 9.59 Å². The molecule has 0 bridgehead atoms. The molecule has 0 spiro atoms. The largest absolute Gasteiger partial charge is 0.361 e. The number of halogens is 1. The normalized spacial score (nSPS) is 12.4. The molecule has 0 fully saturated rings. The number of hydrogen-bond donors (Lipinski definition) is 1. The highest BCUT2D eigenvalue weighted by atomic mass is 19.1. The first kappa shape index (κ1) is 18.1. The topological polar surface area (TPSA) is 64.1 Å². The summed E-state index contributed by atoms with van der Waals surface area (Å²) in [7, 11) is 0. The van der Waals surface area contributed by atoms with E-state index in [1.807, 2.05) is 19.9 Å². The minimum absolute atomic E-state index is 0.0738. The van der Waals surface area contributed by atoms with E-state index in [0.717, 1.165) is 11.1 Å². The second kappa shape index (κ2) is 7.57. The number of H-pyrrole nitrogens is 1. The van der Waals surface area contributed by atoms with Crippen molar-refractivity contribution in [1.82, 2.24) is 9.55 Å². The summed E-state index contributed by atoms with van der Waals surface area (Å²) in [6, 6.07) is 5.41. The summed E-state index contributed by atoms with van der Waals surface area (Å²) < 4.78 is 21.8. The second-order valence-corrected chi connectivity index (χ2v) is 5.81. The van der Waals surface area contributed by atoms with Crippen molar-refractivity contribution in [3.05, 3.63) is 67.0 Å². The number of nitrogens with one attached hydrogen (secondary N) is 1.